The molecular formula is C20H17FN4. The summed E-state index contributed by atoms with van der Waals surface area (Å²) in [5.41, 5.74) is 2.72. The first-order valence-electron chi connectivity index (χ1n) is 8.27. The van der Waals surface area contributed by atoms with E-state index < -0.39 is 0 Å². The van der Waals surface area contributed by atoms with E-state index in [1.54, 1.807) is 12.1 Å². The van der Waals surface area contributed by atoms with Crippen molar-refractivity contribution in [3.8, 4) is 11.8 Å². The number of benzene rings is 2. The first-order valence-corrected chi connectivity index (χ1v) is 8.27. The molecule has 1 aromatic heterocycles. The third kappa shape index (κ3) is 3.17. The summed E-state index contributed by atoms with van der Waals surface area (Å²) in [6.07, 6.45) is 0.807. The van der Waals surface area contributed by atoms with Gasteiger partial charge < -0.3 is 9.88 Å². The van der Waals surface area contributed by atoms with E-state index in [4.69, 9.17) is 10.4 Å². The van der Waals surface area contributed by atoms with E-state index in [0.717, 1.165) is 48.3 Å². The molecule has 0 atom stereocenters. The lowest BCUT2D eigenvalue weighted by Crippen LogP contribution is -2.26. The quantitative estimate of drug-likeness (QED) is 0.620. The largest absolute Gasteiger partial charge is 0.315 e. The van der Waals surface area contributed by atoms with Crippen LogP contribution in [-0.4, -0.2) is 22.6 Å². The summed E-state index contributed by atoms with van der Waals surface area (Å²) in [6.45, 7) is 2.49. The van der Waals surface area contributed by atoms with Gasteiger partial charge >= 0.3 is 0 Å². The van der Waals surface area contributed by atoms with Gasteiger partial charge in [0.2, 0.25) is 0 Å². The van der Waals surface area contributed by atoms with Crippen molar-refractivity contribution in [2.75, 3.05) is 13.1 Å². The summed E-state index contributed by atoms with van der Waals surface area (Å²) < 4.78 is 15.2. The Labute approximate surface area is 144 Å². The van der Waals surface area contributed by atoms with E-state index in [0.29, 0.717) is 11.1 Å². The van der Waals surface area contributed by atoms with Crippen LogP contribution in [0.5, 0.6) is 0 Å². The van der Waals surface area contributed by atoms with Crippen LogP contribution in [0, 0.1) is 23.1 Å². The zero-order valence-electron chi connectivity index (χ0n) is 13.6. The van der Waals surface area contributed by atoms with Crippen molar-refractivity contribution in [3.05, 3.63) is 70.7 Å². The average Bonchev–Trinajstić information content (AvgIpc) is 2.86. The maximum atomic E-state index is 13.2. The van der Waals surface area contributed by atoms with Gasteiger partial charge in [-0.25, -0.2) is 9.37 Å². The number of fused-ring (bicyclic) bond motifs is 2. The molecule has 1 aliphatic heterocycles. The maximum Gasteiger partial charge on any atom is 0.135 e. The highest BCUT2D eigenvalue weighted by atomic mass is 19.1. The van der Waals surface area contributed by atoms with Crippen LogP contribution >= 0.6 is 0 Å². The SMILES string of the molecule is N=c1c2ccc(C#Cc3cccc(F)c3)cc2nc2n1CCNCC2. The zero-order chi connectivity index (χ0) is 17.2. The van der Waals surface area contributed by atoms with Crippen LogP contribution in [0.3, 0.4) is 0 Å². The lowest BCUT2D eigenvalue weighted by atomic mass is 10.1. The Morgan fingerprint density at radius 1 is 1.08 bits per heavy atom. The van der Waals surface area contributed by atoms with Crippen LogP contribution < -0.4 is 10.8 Å². The van der Waals surface area contributed by atoms with Crippen molar-refractivity contribution in [3.63, 3.8) is 0 Å². The Kier molecular flexibility index (Phi) is 4.04. The number of hydrogen-bond acceptors (Lipinski definition) is 3. The Morgan fingerprint density at radius 2 is 1.92 bits per heavy atom. The van der Waals surface area contributed by atoms with Crippen LogP contribution in [0.15, 0.2) is 42.5 Å². The molecule has 3 aromatic rings. The summed E-state index contributed by atoms with van der Waals surface area (Å²) in [6, 6.07) is 11.9. The summed E-state index contributed by atoms with van der Waals surface area (Å²) in [4.78, 5) is 4.74. The molecule has 0 saturated carbocycles. The standard InChI is InChI=1S/C20H17FN4/c21-16-3-1-2-14(12-16)4-5-15-6-7-17-18(13-15)24-19-8-9-23-10-11-25(19)20(17)22/h1-3,6-7,12-13,22-23H,8-11H2. The molecule has 0 bridgehead atoms. The van der Waals surface area contributed by atoms with Gasteiger partial charge in [-0.15, -0.1) is 0 Å². The molecule has 2 N–H and O–H groups in total. The second-order valence-corrected chi connectivity index (χ2v) is 6.02. The summed E-state index contributed by atoms with van der Waals surface area (Å²) in [7, 11) is 0. The molecule has 0 amide bonds. The fourth-order valence-electron chi connectivity index (χ4n) is 3.03. The Balaban J connectivity index is 1.77. The predicted octanol–water partition coefficient (Wildman–Crippen LogP) is 2.20. The molecule has 0 saturated heterocycles. The minimum absolute atomic E-state index is 0.292. The summed E-state index contributed by atoms with van der Waals surface area (Å²) >= 11 is 0. The van der Waals surface area contributed by atoms with Crippen LogP contribution in [0.1, 0.15) is 17.0 Å². The number of rotatable bonds is 0. The second-order valence-electron chi connectivity index (χ2n) is 6.02. The number of nitrogens with zero attached hydrogens (tertiary/aromatic N) is 2. The molecule has 0 fully saturated rings. The van der Waals surface area contributed by atoms with Gasteiger partial charge in [0, 0.05) is 42.6 Å². The van der Waals surface area contributed by atoms with Crippen molar-refractivity contribution < 1.29 is 4.39 Å². The zero-order valence-corrected chi connectivity index (χ0v) is 13.6. The monoisotopic (exact) mass is 332 g/mol. The fraction of sp³-hybridized carbons (Fsp3) is 0.200. The first kappa shape index (κ1) is 15.6. The van der Waals surface area contributed by atoms with Gasteiger partial charge in [0.25, 0.3) is 0 Å². The third-order valence-electron chi connectivity index (χ3n) is 4.30. The summed E-state index contributed by atoms with van der Waals surface area (Å²) in [5.74, 6) is 6.66. The number of hydrogen-bond donors (Lipinski definition) is 2. The molecule has 1 aliphatic rings. The Bertz CT molecular complexity index is 1070. The van der Waals surface area contributed by atoms with Crippen molar-refractivity contribution in [2.24, 2.45) is 0 Å². The van der Waals surface area contributed by atoms with E-state index in [1.165, 1.54) is 12.1 Å². The van der Waals surface area contributed by atoms with Crippen LogP contribution in [0.25, 0.3) is 10.9 Å². The van der Waals surface area contributed by atoms with E-state index >= 15 is 0 Å². The van der Waals surface area contributed by atoms with E-state index in [1.807, 2.05) is 22.8 Å². The average molecular weight is 332 g/mol. The van der Waals surface area contributed by atoms with E-state index in [-0.39, 0.29) is 5.82 Å². The Morgan fingerprint density at radius 3 is 2.76 bits per heavy atom. The van der Waals surface area contributed by atoms with Gasteiger partial charge in [-0.2, -0.15) is 0 Å². The van der Waals surface area contributed by atoms with Crippen molar-refractivity contribution in [2.45, 2.75) is 13.0 Å². The molecule has 0 spiro atoms. The highest BCUT2D eigenvalue weighted by Gasteiger charge is 2.11. The minimum Gasteiger partial charge on any atom is -0.315 e. The number of halogens is 1. The number of aromatic nitrogens is 2. The maximum absolute atomic E-state index is 13.2. The molecule has 25 heavy (non-hydrogen) atoms. The molecule has 2 heterocycles. The normalized spacial score (nSPS) is 13.6. The number of nitrogens with one attached hydrogen (secondary N) is 2. The summed E-state index contributed by atoms with van der Waals surface area (Å²) in [5, 5.41) is 12.6. The van der Waals surface area contributed by atoms with Gasteiger partial charge in [-0.1, -0.05) is 17.9 Å². The van der Waals surface area contributed by atoms with Gasteiger partial charge in [-0.3, -0.25) is 5.41 Å². The van der Waals surface area contributed by atoms with Gasteiger partial charge in [0.05, 0.1) is 5.52 Å². The van der Waals surface area contributed by atoms with Crippen molar-refractivity contribution >= 4 is 10.9 Å². The van der Waals surface area contributed by atoms with Gasteiger partial charge in [0.15, 0.2) is 0 Å². The first-order chi connectivity index (χ1) is 12.2. The van der Waals surface area contributed by atoms with Crippen molar-refractivity contribution in [1.82, 2.24) is 14.9 Å². The fourth-order valence-corrected chi connectivity index (χ4v) is 3.03. The molecule has 4 rings (SSSR count). The van der Waals surface area contributed by atoms with Crippen LogP contribution in [-0.2, 0) is 13.0 Å². The second kappa shape index (κ2) is 6.50. The molecule has 124 valence electrons. The van der Waals surface area contributed by atoms with Gasteiger partial charge in [-0.05, 0) is 36.4 Å². The van der Waals surface area contributed by atoms with Crippen LogP contribution in [0.2, 0.25) is 0 Å². The molecule has 0 radical (unpaired) electrons. The highest BCUT2D eigenvalue weighted by Crippen LogP contribution is 2.12. The molecule has 2 aromatic carbocycles. The molecule has 5 heteroatoms. The topological polar surface area (TPSA) is 53.7 Å². The smallest absolute Gasteiger partial charge is 0.135 e. The lowest BCUT2D eigenvalue weighted by Gasteiger charge is -2.11. The lowest BCUT2D eigenvalue weighted by molar-refractivity contribution is 0.615. The van der Waals surface area contributed by atoms with Crippen molar-refractivity contribution in [1.29, 1.82) is 5.41 Å². The molecule has 0 aliphatic carbocycles. The minimum atomic E-state index is -0.292. The molecule has 0 unspecified atom stereocenters. The van der Waals surface area contributed by atoms with E-state index in [2.05, 4.69) is 17.2 Å². The predicted molar refractivity (Wildman–Crippen MR) is 94.5 cm³/mol. The van der Waals surface area contributed by atoms with Crippen LogP contribution in [0.4, 0.5) is 4.39 Å². The van der Waals surface area contributed by atoms with Gasteiger partial charge in [0.1, 0.15) is 17.1 Å². The van der Waals surface area contributed by atoms with E-state index in [9.17, 15) is 4.39 Å². The molecule has 4 nitrogen and oxygen atoms in total. The Hall–Kier alpha value is -2.97. The highest BCUT2D eigenvalue weighted by molar-refractivity contribution is 5.79. The molecular weight excluding hydrogens is 315 g/mol. The third-order valence-corrected chi connectivity index (χ3v) is 4.30.